The SMILES string of the molecule is ClCCCNC1CCCC1. The predicted octanol–water partition coefficient (Wildman–Crippen LogP) is 2.15. The lowest BCUT2D eigenvalue weighted by molar-refractivity contribution is 0.524. The van der Waals surface area contributed by atoms with Gasteiger partial charge in [0.15, 0.2) is 0 Å². The minimum absolute atomic E-state index is 0.791. The van der Waals surface area contributed by atoms with Gasteiger partial charge in [0.25, 0.3) is 0 Å². The zero-order valence-electron chi connectivity index (χ0n) is 6.41. The number of alkyl halides is 1. The fourth-order valence-electron chi connectivity index (χ4n) is 1.50. The van der Waals surface area contributed by atoms with Crippen molar-refractivity contribution in [1.82, 2.24) is 5.32 Å². The maximum atomic E-state index is 5.55. The second kappa shape index (κ2) is 4.97. The predicted molar refractivity (Wildman–Crippen MR) is 45.6 cm³/mol. The zero-order chi connectivity index (χ0) is 7.23. The van der Waals surface area contributed by atoms with Crippen LogP contribution in [0.4, 0.5) is 0 Å². The number of halogens is 1. The van der Waals surface area contributed by atoms with E-state index >= 15 is 0 Å². The Balaban J connectivity index is 1.91. The van der Waals surface area contributed by atoms with Gasteiger partial charge in [-0.3, -0.25) is 0 Å². The minimum Gasteiger partial charge on any atom is -0.314 e. The Labute approximate surface area is 68.1 Å². The average Bonchev–Trinajstić information content (AvgIpc) is 2.41. The molecular formula is C8H16ClN. The second-order valence-corrected chi connectivity index (χ2v) is 3.36. The van der Waals surface area contributed by atoms with Gasteiger partial charge in [0.1, 0.15) is 0 Å². The molecule has 0 radical (unpaired) electrons. The summed E-state index contributed by atoms with van der Waals surface area (Å²) in [4.78, 5) is 0. The van der Waals surface area contributed by atoms with Crippen molar-refractivity contribution in [1.29, 1.82) is 0 Å². The van der Waals surface area contributed by atoms with E-state index in [4.69, 9.17) is 11.6 Å². The minimum atomic E-state index is 0.791. The van der Waals surface area contributed by atoms with Crippen LogP contribution in [0.5, 0.6) is 0 Å². The van der Waals surface area contributed by atoms with Crippen molar-refractivity contribution in [3.05, 3.63) is 0 Å². The van der Waals surface area contributed by atoms with Gasteiger partial charge in [-0.25, -0.2) is 0 Å². The van der Waals surface area contributed by atoms with E-state index < -0.39 is 0 Å². The Bertz CT molecular complexity index is 79.3. The van der Waals surface area contributed by atoms with E-state index in [-0.39, 0.29) is 0 Å². The molecule has 1 aliphatic rings. The highest BCUT2D eigenvalue weighted by molar-refractivity contribution is 6.17. The number of hydrogen-bond acceptors (Lipinski definition) is 1. The van der Waals surface area contributed by atoms with Gasteiger partial charge in [-0.2, -0.15) is 0 Å². The summed E-state index contributed by atoms with van der Waals surface area (Å²) in [6.45, 7) is 1.11. The number of hydrogen-bond donors (Lipinski definition) is 1. The van der Waals surface area contributed by atoms with Crippen LogP contribution >= 0.6 is 11.6 Å². The summed E-state index contributed by atoms with van der Waals surface area (Å²) in [5, 5.41) is 3.50. The van der Waals surface area contributed by atoms with Crippen molar-refractivity contribution < 1.29 is 0 Å². The van der Waals surface area contributed by atoms with E-state index in [0.717, 1.165) is 24.9 Å². The molecule has 0 unspecified atom stereocenters. The summed E-state index contributed by atoms with van der Waals surface area (Å²) in [6, 6.07) is 0.809. The largest absolute Gasteiger partial charge is 0.314 e. The van der Waals surface area contributed by atoms with Crippen LogP contribution in [0, 0.1) is 0 Å². The Morgan fingerprint density at radius 1 is 1.30 bits per heavy atom. The van der Waals surface area contributed by atoms with Gasteiger partial charge in [0, 0.05) is 11.9 Å². The van der Waals surface area contributed by atoms with Crippen LogP contribution in [0.25, 0.3) is 0 Å². The molecule has 0 amide bonds. The van der Waals surface area contributed by atoms with Crippen LogP contribution < -0.4 is 5.32 Å². The number of nitrogens with one attached hydrogen (secondary N) is 1. The van der Waals surface area contributed by atoms with Crippen LogP contribution in [-0.4, -0.2) is 18.5 Å². The standard InChI is InChI=1S/C8H16ClN/c9-6-3-7-10-8-4-1-2-5-8/h8,10H,1-7H2. The maximum Gasteiger partial charge on any atom is 0.0235 e. The molecule has 0 spiro atoms. The third-order valence-corrected chi connectivity index (χ3v) is 2.37. The van der Waals surface area contributed by atoms with Crippen molar-refractivity contribution in [2.24, 2.45) is 0 Å². The van der Waals surface area contributed by atoms with E-state index in [0.29, 0.717) is 0 Å². The first-order chi connectivity index (χ1) is 4.93. The van der Waals surface area contributed by atoms with Crippen LogP contribution in [0.3, 0.4) is 0 Å². The Morgan fingerprint density at radius 2 is 2.00 bits per heavy atom. The smallest absolute Gasteiger partial charge is 0.0235 e. The third-order valence-electron chi connectivity index (χ3n) is 2.10. The lowest BCUT2D eigenvalue weighted by Crippen LogP contribution is -2.26. The summed E-state index contributed by atoms with van der Waals surface area (Å²) in [5.41, 5.74) is 0. The molecule has 0 heterocycles. The van der Waals surface area contributed by atoms with E-state index in [1.807, 2.05) is 0 Å². The fraction of sp³-hybridized carbons (Fsp3) is 1.00. The molecule has 1 nitrogen and oxygen atoms in total. The molecule has 1 fully saturated rings. The summed E-state index contributed by atoms with van der Waals surface area (Å²) in [7, 11) is 0. The molecule has 60 valence electrons. The molecule has 1 rings (SSSR count). The van der Waals surface area contributed by atoms with E-state index in [2.05, 4.69) is 5.32 Å². The third kappa shape index (κ3) is 2.89. The van der Waals surface area contributed by atoms with Crippen LogP contribution in [-0.2, 0) is 0 Å². The Kier molecular flexibility index (Phi) is 4.15. The van der Waals surface area contributed by atoms with Crippen LogP contribution in [0.2, 0.25) is 0 Å². The first-order valence-corrected chi connectivity index (χ1v) is 4.76. The van der Waals surface area contributed by atoms with Gasteiger partial charge in [-0.15, -0.1) is 11.6 Å². The van der Waals surface area contributed by atoms with E-state index in [1.54, 1.807) is 0 Å². The number of rotatable bonds is 4. The summed E-state index contributed by atoms with van der Waals surface area (Å²) < 4.78 is 0. The molecule has 0 aromatic carbocycles. The summed E-state index contributed by atoms with van der Waals surface area (Å²) in [6.07, 6.45) is 6.69. The van der Waals surface area contributed by atoms with E-state index in [1.165, 1.54) is 25.7 Å². The Morgan fingerprint density at radius 3 is 2.60 bits per heavy atom. The molecule has 0 saturated heterocycles. The molecular weight excluding hydrogens is 146 g/mol. The highest BCUT2D eigenvalue weighted by Gasteiger charge is 2.12. The quantitative estimate of drug-likeness (QED) is 0.492. The van der Waals surface area contributed by atoms with Crippen molar-refractivity contribution >= 4 is 11.6 Å². The molecule has 0 atom stereocenters. The van der Waals surface area contributed by atoms with Crippen molar-refractivity contribution in [2.75, 3.05) is 12.4 Å². The zero-order valence-corrected chi connectivity index (χ0v) is 7.16. The lowest BCUT2D eigenvalue weighted by atomic mass is 10.2. The molecule has 1 aliphatic carbocycles. The molecule has 0 aliphatic heterocycles. The van der Waals surface area contributed by atoms with Gasteiger partial charge in [-0.05, 0) is 25.8 Å². The Hall–Kier alpha value is 0.250. The molecule has 1 N–H and O–H groups in total. The molecule has 10 heavy (non-hydrogen) atoms. The summed E-state index contributed by atoms with van der Waals surface area (Å²) >= 11 is 5.55. The summed E-state index contributed by atoms with van der Waals surface area (Å²) in [5.74, 6) is 0.791. The van der Waals surface area contributed by atoms with Crippen LogP contribution in [0.1, 0.15) is 32.1 Å². The molecule has 0 bridgehead atoms. The molecule has 1 saturated carbocycles. The first-order valence-electron chi connectivity index (χ1n) is 4.23. The van der Waals surface area contributed by atoms with Crippen molar-refractivity contribution in [3.63, 3.8) is 0 Å². The maximum absolute atomic E-state index is 5.55. The molecule has 0 aromatic rings. The fourth-order valence-corrected chi connectivity index (χ4v) is 1.64. The topological polar surface area (TPSA) is 12.0 Å². The highest BCUT2D eigenvalue weighted by atomic mass is 35.5. The second-order valence-electron chi connectivity index (χ2n) is 2.98. The monoisotopic (exact) mass is 161 g/mol. The van der Waals surface area contributed by atoms with Crippen LogP contribution in [0.15, 0.2) is 0 Å². The van der Waals surface area contributed by atoms with Crippen molar-refractivity contribution in [2.45, 2.75) is 38.1 Å². The average molecular weight is 162 g/mol. The van der Waals surface area contributed by atoms with E-state index in [9.17, 15) is 0 Å². The highest BCUT2D eigenvalue weighted by Crippen LogP contribution is 2.17. The first kappa shape index (κ1) is 8.35. The lowest BCUT2D eigenvalue weighted by Gasteiger charge is -2.09. The normalized spacial score (nSPS) is 20.1. The van der Waals surface area contributed by atoms with Crippen molar-refractivity contribution in [3.8, 4) is 0 Å². The van der Waals surface area contributed by atoms with Gasteiger partial charge in [0.05, 0.1) is 0 Å². The molecule has 2 heteroatoms. The molecule has 0 aromatic heterocycles. The van der Waals surface area contributed by atoms with Gasteiger partial charge < -0.3 is 5.32 Å². The van der Waals surface area contributed by atoms with Gasteiger partial charge in [0.2, 0.25) is 0 Å². The van der Waals surface area contributed by atoms with Gasteiger partial charge >= 0.3 is 0 Å². The van der Waals surface area contributed by atoms with Gasteiger partial charge in [-0.1, -0.05) is 12.8 Å².